The quantitative estimate of drug-likeness (QED) is 0.365. The Morgan fingerprint density at radius 1 is 0.895 bits per heavy atom. The highest BCUT2D eigenvalue weighted by molar-refractivity contribution is 5.91. The van der Waals surface area contributed by atoms with Gasteiger partial charge in [0.1, 0.15) is 12.0 Å². The molecule has 0 fully saturated rings. The predicted molar refractivity (Wildman–Crippen MR) is 74.8 cm³/mol. The molecule has 0 unspecified atom stereocenters. The Hall–Kier alpha value is -1.06. The highest BCUT2D eigenvalue weighted by Crippen LogP contribution is 2.09. The molecule has 0 amide bonds. The molecule has 112 valence electrons. The number of carbonyl (C=O) groups is 2. The summed E-state index contributed by atoms with van der Waals surface area (Å²) in [6.07, 6.45) is 6.54. The Balaban J connectivity index is 3.52. The zero-order valence-electron chi connectivity index (χ0n) is 12.8. The van der Waals surface area contributed by atoms with E-state index in [9.17, 15) is 9.59 Å². The third-order valence-electron chi connectivity index (χ3n) is 2.47. The highest BCUT2D eigenvalue weighted by atomic mass is 16.6. The predicted octanol–water partition coefficient (Wildman–Crippen LogP) is 3.62. The van der Waals surface area contributed by atoms with E-state index >= 15 is 0 Å². The SMILES string of the molecule is CCCCCCCCOC(=O)CC(=O)OC(C)(C)C. The van der Waals surface area contributed by atoms with Gasteiger partial charge in [-0.3, -0.25) is 9.59 Å². The molecule has 0 heterocycles. The summed E-state index contributed by atoms with van der Waals surface area (Å²) >= 11 is 0. The van der Waals surface area contributed by atoms with Gasteiger partial charge in [-0.1, -0.05) is 39.0 Å². The molecule has 4 nitrogen and oxygen atoms in total. The van der Waals surface area contributed by atoms with Crippen LogP contribution in [0.15, 0.2) is 0 Å². The van der Waals surface area contributed by atoms with Gasteiger partial charge in [-0.15, -0.1) is 0 Å². The largest absolute Gasteiger partial charge is 0.465 e. The fraction of sp³-hybridized carbons (Fsp3) is 0.867. The average Bonchev–Trinajstić information content (AvgIpc) is 2.25. The van der Waals surface area contributed by atoms with Crippen molar-refractivity contribution >= 4 is 11.9 Å². The standard InChI is InChI=1S/C15H28O4/c1-5-6-7-8-9-10-11-18-13(16)12-14(17)19-15(2,3)4/h5-12H2,1-4H3. The van der Waals surface area contributed by atoms with Crippen molar-refractivity contribution in [3.05, 3.63) is 0 Å². The number of hydrogen-bond donors (Lipinski definition) is 0. The average molecular weight is 272 g/mol. The number of carbonyl (C=O) groups excluding carboxylic acids is 2. The van der Waals surface area contributed by atoms with Gasteiger partial charge >= 0.3 is 11.9 Å². The lowest BCUT2D eigenvalue weighted by atomic mass is 10.1. The molecule has 0 aromatic heterocycles. The van der Waals surface area contributed by atoms with Crippen molar-refractivity contribution in [1.82, 2.24) is 0 Å². The third kappa shape index (κ3) is 13.2. The molecule has 0 N–H and O–H groups in total. The molecule has 4 heteroatoms. The monoisotopic (exact) mass is 272 g/mol. The van der Waals surface area contributed by atoms with Crippen LogP contribution in [0.5, 0.6) is 0 Å². The van der Waals surface area contributed by atoms with Crippen LogP contribution in [0.3, 0.4) is 0 Å². The van der Waals surface area contributed by atoms with Crippen molar-refractivity contribution in [2.24, 2.45) is 0 Å². The fourth-order valence-electron chi connectivity index (χ4n) is 1.61. The van der Waals surface area contributed by atoms with E-state index in [1.54, 1.807) is 20.8 Å². The van der Waals surface area contributed by atoms with Crippen LogP contribution in [0, 0.1) is 0 Å². The Morgan fingerprint density at radius 3 is 2.05 bits per heavy atom. The summed E-state index contributed by atoms with van der Waals surface area (Å²) in [5.41, 5.74) is -0.559. The van der Waals surface area contributed by atoms with Gasteiger partial charge in [-0.2, -0.15) is 0 Å². The maximum atomic E-state index is 11.4. The zero-order valence-corrected chi connectivity index (χ0v) is 12.8. The van der Waals surface area contributed by atoms with Crippen molar-refractivity contribution in [3.63, 3.8) is 0 Å². The van der Waals surface area contributed by atoms with Gasteiger partial charge in [0.05, 0.1) is 6.61 Å². The van der Waals surface area contributed by atoms with E-state index in [-0.39, 0.29) is 6.42 Å². The second-order valence-electron chi connectivity index (χ2n) is 5.75. The molecular formula is C15H28O4. The van der Waals surface area contributed by atoms with Gasteiger partial charge < -0.3 is 9.47 Å². The van der Waals surface area contributed by atoms with Crippen LogP contribution >= 0.6 is 0 Å². The number of ether oxygens (including phenoxy) is 2. The van der Waals surface area contributed by atoms with E-state index in [0.29, 0.717) is 6.61 Å². The maximum Gasteiger partial charge on any atom is 0.317 e. The van der Waals surface area contributed by atoms with Gasteiger partial charge in [-0.05, 0) is 27.2 Å². The first kappa shape index (κ1) is 17.9. The number of rotatable bonds is 9. The van der Waals surface area contributed by atoms with E-state index in [1.165, 1.54) is 25.7 Å². The first-order valence-corrected chi connectivity index (χ1v) is 7.22. The Bertz CT molecular complexity index is 266. The van der Waals surface area contributed by atoms with Gasteiger partial charge in [0.25, 0.3) is 0 Å². The van der Waals surface area contributed by atoms with Crippen LogP contribution in [0.25, 0.3) is 0 Å². The summed E-state index contributed by atoms with van der Waals surface area (Å²) in [6, 6.07) is 0. The summed E-state index contributed by atoms with van der Waals surface area (Å²) in [5, 5.41) is 0. The van der Waals surface area contributed by atoms with Gasteiger partial charge in [0.2, 0.25) is 0 Å². The van der Waals surface area contributed by atoms with Crippen LogP contribution in [0.1, 0.15) is 72.6 Å². The molecule has 0 saturated carbocycles. The smallest absolute Gasteiger partial charge is 0.317 e. The number of hydrogen-bond acceptors (Lipinski definition) is 4. The first-order chi connectivity index (χ1) is 8.85. The third-order valence-corrected chi connectivity index (χ3v) is 2.47. The lowest BCUT2D eigenvalue weighted by Gasteiger charge is -2.19. The Labute approximate surface area is 116 Å². The van der Waals surface area contributed by atoms with E-state index in [2.05, 4.69) is 6.92 Å². The molecule has 0 atom stereocenters. The van der Waals surface area contributed by atoms with Crippen LogP contribution in [-0.2, 0) is 19.1 Å². The molecule has 0 spiro atoms. The van der Waals surface area contributed by atoms with Crippen LogP contribution in [0.4, 0.5) is 0 Å². The maximum absolute atomic E-state index is 11.4. The van der Waals surface area contributed by atoms with E-state index in [1.807, 2.05) is 0 Å². The molecule has 0 aliphatic rings. The van der Waals surface area contributed by atoms with Crippen molar-refractivity contribution < 1.29 is 19.1 Å². The molecular weight excluding hydrogens is 244 g/mol. The molecule has 0 aromatic carbocycles. The minimum Gasteiger partial charge on any atom is -0.465 e. The van der Waals surface area contributed by atoms with Crippen molar-refractivity contribution in [1.29, 1.82) is 0 Å². The molecule has 0 aliphatic carbocycles. The molecule has 0 bridgehead atoms. The van der Waals surface area contributed by atoms with E-state index < -0.39 is 17.5 Å². The first-order valence-electron chi connectivity index (χ1n) is 7.22. The normalized spacial score (nSPS) is 11.2. The lowest BCUT2D eigenvalue weighted by molar-refractivity contribution is -0.161. The molecule has 0 saturated heterocycles. The van der Waals surface area contributed by atoms with Crippen molar-refractivity contribution in [2.45, 2.75) is 78.2 Å². The summed E-state index contributed by atoms with van der Waals surface area (Å²) in [5.74, 6) is -1.02. The minimum atomic E-state index is -0.559. The number of unbranched alkanes of at least 4 members (excludes halogenated alkanes) is 5. The highest BCUT2D eigenvalue weighted by Gasteiger charge is 2.19. The van der Waals surface area contributed by atoms with E-state index in [0.717, 1.165) is 12.8 Å². The zero-order chi connectivity index (χ0) is 14.7. The molecule has 0 radical (unpaired) electrons. The van der Waals surface area contributed by atoms with Crippen LogP contribution in [0.2, 0.25) is 0 Å². The minimum absolute atomic E-state index is 0.299. The second-order valence-corrected chi connectivity index (χ2v) is 5.75. The van der Waals surface area contributed by atoms with Gasteiger partial charge in [0.15, 0.2) is 0 Å². The summed E-state index contributed by atoms with van der Waals surface area (Å²) in [7, 11) is 0. The van der Waals surface area contributed by atoms with Crippen LogP contribution < -0.4 is 0 Å². The molecule has 19 heavy (non-hydrogen) atoms. The van der Waals surface area contributed by atoms with Gasteiger partial charge in [0, 0.05) is 0 Å². The topological polar surface area (TPSA) is 52.6 Å². The Morgan fingerprint density at radius 2 is 1.47 bits per heavy atom. The fourth-order valence-corrected chi connectivity index (χ4v) is 1.61. The number of esters is 2. The summed E-state index contributed by atoms with van der Waals surface area (Å²) in [4.78, 5) is 22.7. The summed E-state index contributed by atoms with van der Waals surface area (Å²) in [6.45, 7) is 7.89. The van der Waals surface area contributed by atoms with Gasteiger partial charge in [-0.25, -0.2) is 0 Å². The Kier molecular flexibility index (Phi) is 9.27. The lowest BCUT2D eigenvalue weighted by Crippen LogP contribution is -2.25. The molecule has 0 aromatic rings. The van der Waals surface area contributed by atoms with E-state index in [4.69, 9.17) is 9.47 Å². The van der Waals surface area contributed by atoms with Crippen molar-refractivity contribution in [3.8, 4) is 0 Å². The molecule has 0 rings (SSSR count). The second kappa shape index (κ2) is 9.82. The van der Waals surface area contributed by atoms with Crippen LogP contribution in [-0.4, -0.2) is 24.1 Å². The molecule has 0 aliphatic heterocycles. The summed E-state index contributed by atoms with van der Waals surface area (Å²) < 4.78 is 10.0. The van der Waals surface area contributed by atoms with Crippen molar-refractivity contribution in [2.75, 3.05) is 6.61 Å².